The second-order valence-corrected chi connectivity index (χ2v) is 7.51. The third-order valence-corrected chi connectivity index (χ3v) is 5.62. The molecular formula is C24H37IN4O3. The highest BCUT2D eigenvalue weighted by Gasteiger charge is 2.25. The number of halogens is 1. The van der Waals surface area contributed by atoms with E-state index in [2.05, 4.69) is 34.5 Å². The molecule has 0 spiro atoms. The zero-order valence-corrected chi connectivity index (χ0v) is 21.9. The van der Waals surface area contributed by atoms with Gasteiger partial charge in [-0.15, -0.1) is 24.0 Å². The van der Waals surface area contributed by atoms with Crippen molar-refractivity contribution in [1.29, 1.82) is 0 Å². The molecule has 1 heterocycles. The van der Waals surface area contributed by atoms with Crippen LogP contribution in [0.15, 0.2) is 47.6 Å². The van der Waals surface area contributed by atoms with Gasteiger partial charge in [-0.25, -0.2) is 9.98 Å². The molecule has 1 aromatic carbocycles. The Bertz CT molecular complexity index is 794. The van der Waals surface area contributed by atoms with Crippen LogP contribution in [0.4, 0.5) is 0 Å². The highest BCUT2D eigenvalue weighted by Crippen LogP contribution is 2.29. The van der Waals surface area contributed by atoms with Gasteiger partial charge in [0.1, 0.15) is 11.5 Å². The zero-order chi connectivity index (χ0) is 22.5. The first kappa shape index (κ1) is 28.0. The van der Waals surface area contributed by atoms with E-state index in [1.165, 1.54) is 0 Å². The van der Waals surface area contributed by atoms with Crippen LogP contribution in [0.1, 0.15) is 45.6 Å². The molecule has 2 rings (SSSR count). The molecule has 32 heavy (non-hydrogen) atoms. The van der Waals surface area contributed by atoms with Crippen LogP contribution >= 0.6 is 24.0 Å². The number of aliphatic hydroxyl groups is 1. The van der Waals surface area contributed by atoms with Crippen LogP contribution in [0.25, 0.3) is 0 Å². The Morgan fingerprint density at radius 2 is 1.72 bits per heavy atom. The number of ether oxygens (including phenoxy) is 2. The number of aromatic nitrogens is 1. The summed E-state index contributed by atoms with van der Waals surface area (Å²) in [5, 5.41) is 16.2. The molecule has 0 saturated heterocycles. The van der Waals surface area contributed by atoms with Gasteiger partial charge in [0.25, 0.3) is 0 Å². The second-order valence-electron chi connectivity index (χ2n) is 7.51. The molecule has 178 valence electrons. The summed E-state index contributed by atoms with van der Waals surface area (Å²) in [6.07, 6.45) is 4.58. The minimum absolute atomic E-state index is 0. The van der Waals surface area contributed by atoms with Gasteiger partial charge in [-0.3, -0.25) is 0 Å². The average Bonchev–Trinajstić information content (AvgIpc) is 2.81. The monoisotopic (exact) mass is 556 g/mol. The maximum atomic E-state index is 9.43. The predicted molar refractivity (Wildman–Crippen MR) is 140 cm³/mol. The molecular weight excluding hydrogens is 519 g/mol. The Kier molecular flexibility index (Phi) is 13.0. The van der Waals surface area contributed by atoms with Gasteiger partial charge in [0.15, 0.2) is 5.96 Å². The van der Waals surface area contributed by atoms with Crippen molar-refractivity contribution in [2.45, 2.75) is 46.6 Å². The quantitative estimate of drug-likeness (QED) is 0.199. The minimum atomic E-state index is 0. The summed E-state index contributed by atoms with van der Waals surface area (Å²) in [4.78, 5) is 9.07. The number of guanidine groups is 1. The van der Waals surface area contributed by atoms with Crippen molar-refractivity contribution >= 4 is 29.9 Å². The Morgan fingerprint density at radius 1 is 1.03 bits per heavy atom. The Morgan fingerprint density at radius 3 is 2.25 bits per heavy atom. The first-order chi connectivity index (χ1) is 15.1. The lowest BCUT2D eigenvalue weighted by atomic mass is 9.79. The number of methoxy groups -OCH3 is 1. The molecule has 0 aliphatic carbocycles. The van der Waals surface area contributed by atoms with Crippen LogP contribution in [-0.4, -0.2) is 42.9 Å². The number of pyridine rings is 1. The first-order valence-electron chi connectivity index (χ1n) is 11.0. The lowest BCUT2D eigenvalue weighted by Gasteiger charge is -2.32. The number of benzene rings is 1. The number of nitrogens with one attached hydrogen (secondary N) is 2. The standard InChI is InChI=1S/C24H36N4O3.HI/c1-5-24(6-2,14-15-29)18-28-23(25-7-3)27-17-19-8-13-22(26-16-19)31-21-11-9-20(30-4)10-12-21;/h8-13,16,29H,5-7,14-15,17-18H2,1-4H3,(H2,25,27,28);1H. The van der Waals surface area contributed by atoms with Crippen LogP contribution in [-0.2, 0) is 6.54 Å². The van der Waals surface area contributed by atoms with E-state index in [-0.39, 0.29) is 36.0 Å². The van der Waals surface area contributed by atoms with Gasteiger partial charge in [0.05, 0.1) is 13.7 Å². The summed E-state index contributed by atoms with van der Waals surface area (Å²) in [5.74, 6) is 2.79. The maximum Gasteiger partial charge on any atom is 0.219 e. The fourth-order valence-electron chi connectivity index (χ4n) is 3.29. The molecule has 0 aliphatic rings. The molecule has 0 atom stereocenters. The molecule has 1 aromatic heterocycles. The van der Waals surface area contributed by atoms with E-state index in [0.29, 0.717) is 18.2 Å². The molecule has 7 nitrogen and oxygen atoms in total. The van der Waals surface area contributed by atoms with Crippen molar-refractivity contribution in [2.75, 3.05) is 26.8 Å². The van der Waals surface area contributed by atoms with E-state index in [4.69, 9.17) is 9.47 Å². The van der Waals surface area contributed by atoms with Crippen molar-refractivity contribution in [1.82, 2.24) is 15.6 Å². The van der Waals surface area contributed by atoms with Crippen molar-refractivity contribution in [3.05, 3.63) is 48.2 Å². The topological polar surface area (TPSA) is 88.0 Å². The lowest BCUT2D eigenvalue weighted by molar-refractivity contribution is 0.169. The fourth-order valence-corrected chi connectivity index (χ4v) is 3.29. The van der Waals surface area contributed by atoms with Crippen molar-refractivity contribution in [3.8, 4) is 17.4 Å². The summed E-state index contributed by atoms with van der Waals surface area (Å²) in [6, 6.07) is 11.2. The average molecular weight is 556 g/mol. The van der Waals surface area contributed by atoms with E-state index in [1.807, 2.05) is 43.3 Å². The van der Waals surface area contributed by atoms with Crippen LogP contribution in [0.3, 0.4) is 0 Å². The third-order valence-electron chi connectivity index (χ3n) is 5.62. The largest absolute Gasteiger partial charge is 0.497 e. The van der Waals surface area contributed by atoms with E-state index >= 15 is 0 Å². The molecule has 0 fully saturated rings. The summed E-state index contributed by atoms with van der Waals surface area (Å²) in [5.41, 5.74) is 1.07. The molecule has 0 unspecified atom stereocenters. The molecule has 2 aromatic rings. The van der Waals surface area contributed by atoms with Crippen molar-refractivity contribution < 1.29 is 14.6 Å². The number of rotatable bonds is 12. The Hall–Kier alpha value is -2.07. The zero-order valence-electron chi connectivity index (χ0n) is 19.6. The molecule has 0 aliphatic heterocycles. The van der Waals surface area contributed by atoms with Crippen molar-refractivity contribution in [2.24, 2.45) is 10.4 Å². The summed E-state index contributed by atoms with van der Waals surface area (Å²) >= 11 is 0. The lowest BCUT2D eigenvalue weighted by Crippen LogP contribution is -2.43. The van der Waals surface area contributed by atoms with Gasteiger partial charge in [0, 0.05) is 32.0 Å². The maximum absolute atomic E-state index is 9.43. The normalized spacial score (nSPS) is 11.5. The van der Waals surface area contributed by atoms with E-state index in [9.17, 15) is 5.11 Å². The molecule has 3 N–H and O–H groups in total. The highest BCUT2D eigenvalue weighted by molar-refractivity contribution is 14.0. The van der Waals surface area contributed by atoms with Gasteiger partial charge in [-0.1, -0.05) is 19.9 Å². The molecule has 0 saturated carbocycles. The number of aliphatic hydroxyl groups excluding tert-OH is 1. The van der Waals surface area contributed by atoms with E-state index in [1.54, 1.807) is 13.3 Å². The minimum Gasteiger partial charge on any atom is -0.497 e. The van der Waals surface area contributed by atoms with Crippen molar-refractivity contribution in [3.63, 3.8) is 0 Å². The summed E-state index contributed by atoms with van der Waals surface area (Å²) < 4.78 is 10.9. The van der Waals surface area contributed by atoms with Crippen LogP contribution in [0, 0.1) is 5.41 Å². The van der Waals surface area contributed by atoms with E-state index < -0.39 is 0 Å². The number of nitrogens with zero attached hydrogens (tertiary/aromatic N) is 2. The Balaban J connectivity index is 0.00000512. The molecule has 0 radical (unpaired) electrons. The van der Waals surface area contributed by atoms with E-state index in [0.717, 1.165) is 49.6 Å². The van der Waals surface area contributed by atoms with Crippen LogP contribution < -0.4 is 20.1 Å². The van der Waals surface area contributed by atoms with Gasteiger partial charge in [0.2, 0.25) is 5.88 Å². The molecule has 8 heteroatoms. The number of aliphatic imine (C=N–C) groups is 1. The van der Waals surface area contributed by atoms with Gasteiger partial charge < -0.3 is 25.2 Å². The summed E-state index contributed by atoms with van der Waals surface area (Å²) in [7, 11) is 1.63. The number of hydrogen-bond donors (Lipinski definition) is 3. The Labute approximate surface area is 209 Å². The second kappa shape index (κ2) is 14.9. The molecule has 0 bridgehead atoms. The fraction of sp³-hybridized carbons (Fsp3) is 0.500. The van der Waals surface area contributed by atoms with Crippen LogP contribution in [0.5, 0.6) is 17.4 Å². The van der Waals surface area contributed by atoms with Gasteiger partial charge >= 0.3 is 0 Å². The smallest absolute Gasteiger partial charge is 0.219 e. The first-order valence-corrected chi connectivity index (χ1v) is 11.0. The summed E-state index contributed by atoms with van der Waals surface area (Å²) in [6.45, 7) is 8.66. The third kappa shape index (κ3) is 8.82. The predicted octanol–water partition coefficient (Wildman–Crippen LogP) is 4.74. The number of hydrogen-bond acceptors (Lipinski definition) is 5. The van der Waals surface area contributed by atoms with Gasteiger partial charge in [-0.2, -0.15) is 0 Å². The van der Waals surface area contributed by atoms with Gasteiger partial charge in [-0.05, 0) is 61.4 Å². The van der Waals surface area contributed by atoms with Crippen LogP contribution in [0.2, 0.25) is 0 Å². The SMILES string of the molecule is CCNC(=NCc1ccc(Oc2ccc(OC)cc2)nc1)NCC(CC)(CC)CCO.I. The molecule has 0 amide bonds. The highest BCUT2D eigenvalue weighted by atomic mass is 127.